The topological polar surface area (TPSA) is 48.5 Å². The van der Waals surface area contributed by atoms with Gasteiger partial charge in [-0.2, -0.15) is 13.2 Å². The van der Waals surface area contributed by atoms with Crippen LogP contribution in [0.3, 0.4) is 0 Å². The Morgan fingerprint density at radius 2 is 2.09 bits per heavy atom. The summed E-state index contributed by atoms with van der Waals surface area (Å²) < 4.78 is 38.6. The van der Waals surface area contributed by atoms with Gasteiger partial charge in [0.15, 0.2) is 5.82 Å². The fourth-order valence-electron chi connectivity index (χ4n) is 3.15. The van der Waals surface area contributed by atoms with Crippen molar-refractivity contribution in [1.29, 1.82) is 0 Å². The summed E-state index contributed by atoms with van der Waals surface area (Å²) in [5.74, 6) is 0.155. The molecule has 2 aliphatic heterocycles. The van der Waals surface area contributed by atoms with Crippen LogP contribution in [-0.4, -0.2) is 47.5 Å². The largest absolute Gasteiger partial charge is 0.417 e. The van der Waals surface area contributed by atoms with Crippen molar-refractivity contribution in [2.75, 3.05) is 29.9 Å². The molecule has 1 saturated heterocycles. The van der Waals surface area contributed by atoms with Crippen LogP contribution in [0.1, 0.15) is 25.8 Å². The van der Waals surface area contributed by atoms with Gasteiger partial charge in [0.1, 0.15) is 0 Å². The number of fused-ring (bicyclic) bond motifs is 3. The van der Waals surface area contributed by atoms with Crippen LogP contribution in [0.2, 0.25) is 0 Å². The van der Waals surface area contributed by atoms with Crippen molar-refractivity contribution >= 4 is 17.4 Å². The second-order valence-corrected chi connectivity index (χ2v) is 6.28. The number of anilines is 2. The maximum atomic E-state index is 12.9. The van der Waals surface area contributed by atoms with Gasteiger partial charge in [-0.05, 0) is 19.9 Å². The number of aromatic nitrogens is 1. The summed E-state index contributed by atoms with van der Waals surface area (Å²) in [6, 6.07) is 1.26. The average molecular weight is 328 g/mol. The van der Waals surface area contributed by atoms with Gasteiger partial charge in [0.2, 0.25) is 5.91 Å². The molecule has 0 aliphatic carbocycles. The van der Waals surface area contributed by atoms with Gasteiger partial charge in [0.05, 0.1) is 17.3 Å². The number of hydrogen-bond donors (Lipinski definition) is 1. The minimum atomic E-state index is -4.48. The molecule has 0 saturated carbocycles. The zero-order chi connectivity index (χ0) is 16.8. The van der Waals surface area contributed by atoms with Gasteiger partial charge in [-0.25, -0.2) is 4.98 Å². The summed E-state index contributed by atoms with van der Waals surface area (Å²) in [4.78, 5) is 20.3. The zero-order valence-corrected chi connectivity index (χ0v) is 13.0. The van der Waals surface area contributed by atoms with Crippen LogP contribution in [0.4, 0.5) is 24.7 Å². The van der Waals surface area contributed by atoms with Gasteiger partial charge >= 0.3 is 6.18 Å². The van der Waals surface area contributed by atoms with Crippen molar-refractivity contribution in [1.82, 2.24) is 9.88 Å². The van der Waals surface area contributed by atoms with Crippen molar-refractivity contribution in [3.8, 4) is 0 Å². The Labute approximate surface area is 132 Å². The quantitative estimate of drug-likeness (QED) is 0.860. The Kier molecular flexibility index (Phi) is 3.95. The van der Waals surface area contributed by atoms with E-state index in [0.717, 1.165) is 18.8 Å². The number of carbonyl (C=O) groups is 1. The Hall–Kier alpha value is -1.83. The number of rotatable bonds is 1. The van der Waals surface area contributed by atoms with Crippen LogP contribution in [0.25, 0.3) is 0 Å². The van der Waals surface area contributed by atoms with Crippen molar-refractivity contribution in [2.45, 2.75) is 38.5 Å². The molecule has 1 atom stereocenters. The second-order valence-electron chi connectivity index (χ2n) is 6.28. The number of carbonyl (C=O) groups excluding carboxylic acids is 1. The van der Waals surface area contributed by atoms with Gasteiger partial charge in [0, 0.05) is 38.3 Å². The molecule has 3 heterocycles. The number of alkyl halides is 3. The number of halogens is 3. The molecule has 1 amide bonds. The maximum Gasteiger partial charge on any atom is 0.417 e. The molecule has 0 unspecified atom stereocenters. The van der Waals surface area contributed by atoms with E-state index in [4.69, 9.17) is 0 Å². The van der Waals surface area contributed by atoms with E-state index in [9.17, 15) is 18.0 Å². The molecular weight excluding hydrogens is 309 g/mol. The highest BCUT2D eigenvalue weighted by Crippen LogP contribution is 2.36. The van der Waals surface area contributed by atoms with E-state index in [1.165, 1.54) is 0 Å². The Balaban J connectivity index is 1.95. The van der Waals surface area contributed by atoms with E-state index in [1.54, 1.807) is 0 Å². The predicted octanol–water partition coefficient (Wildman–Crippen LogP) is 2.34. The third kappa shape index (κ3) is 3.12. The molecular formula is C15H19F3N4O. The van der Waals surface area contributed by atoms with E-state index >= 15 is 0 Å². The third-order valence-electron chi connectivity index (χ3n) is 4.41. The number of nitrogens with zero attached hydrogens (tertiary/aromatic N) is 3. The lowest BCUT2D eigenvalue weighted by molar-refractivity contribution is -0.137. The molecule has 126 valence electrons. The summed E-state index contributed by atoms with van der Waals surface area (Å²) in [5.41, 5.74) is -0.707. The highest BCUT2D eigenvalue weighted by Gasteiger charge is 2.37. The van der Waals surface area contributed by atoms with Crippen molar-refractivity contribution in [2.24, 2.45) is 0 Å². The first-order valence-electron chi connectivity index (χ1n) is 7.63. The summed E-state index contributed by atoms with van der Waals surface area (Å²) in [6.45, 7) is 6.32. The first-order chi connectivity index (χ1) is 10.8. The average Bonchev–Trinajstić information content (AvgIpc) is 2.59. The highest BCUT2D eigenvalue weighted by atomic mass is 19.4. The predicted molar refractivity (Wildman–Crippen MR) is 80.3 cm³/mol. The lowest BCUT2D eigenvalue weighted by Crippen LogP contribution is -2.55. The summed E-state index contributed by atoms with van der Waals surface area (Å²) in [5, 5.41) is 2.57. The van der Waals surface area contributed by atoms with Crippen molar-refractivity contribution in [3.05, 3.63) is 17.8 Å². The molecule has 0 spiro atoms. The molecule has 8 heteroatoms. The van der Waals surface area contributed by atoms with Gasteiger partial charge in [-0.15, -0.1) is 0 Å². The first-order valence-corrected chi connectivity index (χ1v) is 7.63. The Morgan fingerprint density at radius 1 is 1.35 bits per heavy atom. The van der Waals surface area contributed by atoms with Crippen LogP contribution in [-0.2, 0) is 11.0 Å². The summed E-state index contributed by atoms with van der Waals surface area (Å²) in [7, 11) is 0. The minimum Gasteiger partial charge on any atom is -0.349 e. The lowest BCUT2D eigenvalue weighted by atomic mass is 10.1. The number of piperazine rings is 1. The standard InChI is InChI=1S/C15H19F3N4O/c1-9(2)21-3-4-22-11(8-21)6-13(23)20-12-5-10(15(16,17)18)7-19-14(12)22/h5,7,9,11H,3-4,6,8H2,1-2H3,(H,20,23)/t11-/m1/s1. The van der Waals surface area contributed by atoms with Crippen LogP contribution in [0, 0.1) is 0 Å². The van der Waals surface area contributed by atoms with Gasteiger partial charge < -0.3 is 10.2 Å². The molecule has 0 radical (unpaired) electrons. The third-order valence-corrected chi connectivity index (χ3v) is 4.41. The fourth-order valence-corrected chi connectivity index (χ4v) is 3.15. The summed E-state index contributed by atoms with van der Waals surface area (Å²) in [6.07, 6.45) is -3.39. The van der Waals surface area contributed by atoms with Gasteiger partial charge in [0.25, 0.3) is 0 Å². The van der Waals surface area contributed by atoms with E-state index in [2.05, 4.69) is 29.0 Å². The molecule has 1 fully saturated rings. The van der Waals surface area contributed by atoms with Crippen LogP contribution in [0.15, 0.2) is 12.3 Å². The normalized spacial score (nSPS) is 22.4. The van der Waals surface area contributed by atoms with Gasteiger partial charge in [-0.3, -0.25) is 9.69 Å². The lowest BCUT2D eigenvalue weighted by Gasteiger charge is -2.42. The molecule has 0 bridgehead atoms. The van der Waals surface area contributed by atoms with E-state index in [-0.39, 0.29) is 24.1 Å². The molecule has 1 aromatic rings. The second kappa shape index (κ2) is 5.67. The number of hydrogen-bond acceptors (Lipinski definition) is 4. The molecule has 3 rings (SSSR count). The number of nitrogens with one attached hydrogen (secondary N) is 1. The fraction of sp³-hybridized carbons (Fsp3) is 0.600. The monoisotopic (exact) mass is 328 g/mol. The van der Waals surface area contributed by atoms with Crippen molar-refractivity contribution < 1.29 is 18.0 Å². The number of amides is 1. The van der Waals surface area contributed by atoms with E-state index < -0.39 is 11.7 Å². The van der Waals surface area contributed by atoms with E-state index in [1.807, 2.05) is 4.90 Å². The van der Waals surface area contributed by atoms with Gasteiger partial charge in [-0.1, -0.05) is 0 Å². The molecule has 0 aromatic carbocycles. The molecule has 2 aliphatic rings. The minimum absolute atomic E-state index is 0.0726. The molecule has 1 N–H and O–H groups in total. The first kappa shape index (κ1) is 16.0. The Bertz CT molecular complexity index is 617. The highest BCUT2D eigenvalue weighted by molar-refractivity contribution is 5.96. The molecule has 1 aromatic heterocycles. The van der Waals surface area contributed by atoms with E-state index in [0.29, 0.717) is 24.9 Å². The van der Waals surface area contributed by atoms with Crippen LogP contribution in [0.5, 0.6) is 0 Å². The van der Waals surface area contributed by atoms with Crippen LogP contribution < -0.4 is 10.2 Å². The van der Waals surface area contributed by atoms with Crippen LogP contribution >= 0.6 is 0 Å². The molecule has 23 heavy (non-hydrogen) atoms. The number of pyridine rings is 1. The summed E-state index contributed by atoms with van der Waals surface area (Å²) >= 11 is 0. The van der Waals surface area contributed by atoms with Crippen molar-refractivity contribution in [3.63, 3.8) is 0 Å². The molecule has 5 nitrogen and oxygen atoms in total. The maximum absolute atomic E-state index is 12.9. The Morgan fingerprint density at radius 3 is 2.74 bits per heavy atom. The SMILES string of the molecule is CC(C)N1CCN2c3ncc(C(F)(F)F)cc3NC(=O)C[C@@H]2C1. The smallest absolute Gasteiger partial charge is 0.349 e. The zero-order valence-electron chi connectivity index (χ0n) is 13.0.